The Morgan fingerprint density at radius 2 is 1.72 bits per heavy atom. The van der Waals surface area contributed by atoms with Gasteiger partial charge >= 0.3 is 0 Å². The molecule has 4 saturated carbocycles. The highest BCUT2D eigenvalue weighted by Gasteiger charge is 2.48. The SMILES string of the molecule is C=C(C)C(O)OCOC1C2CC3CC(C2)CC1C3. The van der Waals surface area contributed by atoms with Gasteiger partial charge in [-0.2, -0.15) is 0 Å². The second kappa shape index (κ2) is 4.95. The number of hydrogen-bond acceptors (Lipinski definition) is 3. The van der Waals surface area contributed by atoms with Crippen molar-refractivity contribution in [2.45, 2.75) is 51.4 Å². The third-order valence-corrected chi connectivity index (χ3v) is 5.05. The molecule has 0 spiro atoms. The van der Waals surface area contributed by atoms with Gasteiger partial charge in [-0.1, -0.05) is 6.58 Å². The molecule has 4 fully saturated rings. The Morgan fingerprint density at radius 1 is 1.17 bits per heavy atom. The van der Waals surface area contributed by atoms with Crippen molar-refractivity contribution in [1.29, 1.82) is 0 Å². The zero-order chi connectivity index (χ0) is 12.7. The lowest BCUT2D eigenvalue weighted by Crippen LogP contribution is -2.49. The van der Waals surface area contributed by atoms with Crippen LogP contribution in [-0.4, -0.2) is 24.3 Å². The molecule has 4 bridgehead atoms. The summed E-state index contributed by atoms with van der Waals surface area (Å²) in [6.45, 7) is 5.62. The van der Waals surface area contributed by atoms with E-state index in [1.54, 1.807) is 6.92 Å². The number of rotatable bonds is 5. The van der Waals surface area contributed by atoms with Gasteiger partial charge in [-0.3, -0.25) is 0 Å². The lowest BCUT2D eigenvalue weighted by atomic mass is 9.55. The van der Waals surface area contributed by atoms with Crippen molar-refractivity contribution >= 4 is 0 Å². The lowest BCUT2D eigenvalue weighted by molar-refractivity contribution is -0.210. The Morgan fingerprint density at radius 3 is 2.22 bits per heavy atom. The molecule has 4 aliphatic rings. The van der Waals surface area contributed by atoms with Gasteiger partial charge in [0.25, 0.3) is 0 Å². The van der Waals surface area contributed by atoms with E-state index >= 15 is 0 Å². The maximum atomic E-state index is 9.51. The quantitative estimate of drug-likeness (QED) is 0.604. The summed E-state index contributed by atoms with van der Waals surface area (Å²) in [5, 5.41) is 9.51. The van der Waals surface area contributed by atoms with Crippen LogP contribution in [0.2, 0.25) is 0 Å². The van der Waals surface area contributed by atoms with Crippen LogP contribution >= 0.6 is 0 Å². The van der Waals surface area contributed by atoms with Crippen molar-refractivity contribution in [1.82, 2.24) is 0 Å². The predicted octanol–water partition coefficient (Wildman–Crippen LogP) is 2.70. The summed E-state index contributed by atoms with van der Waals surface area (Å²) in [5.74, 6) is 3.42. The first-order valence-corrected chi connectivity index (χ1v) is 7.20. The molecule has 1 unspecified atom stereocenters. The summed E-state index contributed by atoms with van der Waals surface area (Å²) in [4.78, 5) is 0. The highest BCUT2D eigenvalue weighted by Crippen LogP contribution is 2.54. The van der Waals surface area contributed by atoms with Crippen LogP contribution in [0.15, 0.2) is 12.2 Å². The summed E-state index contributed by atoms with van der Waals surface area (Å²) in [6.07, 6.45) is 6.34. The standard InChI is InChI=1S/C15H24O3/c1-9(2)15(16)18-8-17-14-12-4-10-3-11(6-12)7-13(14)5-10/h10-16H,1,3-8H2,2H3. The van der Waals surface area contributed by atoms with Gasteiger partial charge in [0.1, 0.15) is 0 Å². The van der Waals surface area contributed by atoms with Crippen LogP contribution in [0, 0.1) is 23.7 Å². The first-order valence-electron chi connectivity index (χ1n) is 7.20. The van der Waals surface area contributed by atoms with E-state index < -0.39 is 6.29 Å². The number of aliphatic hydroxyl groups excluding tert-OH is 1. The third-order valence-electron chi connectivity index (χ3n) is 5.05. The molecule has 3 nitrogen and oxygen atoms in total. The van der Waals surface area contributed by atoms with E-state index in [1.807, 2.05) is 0 Å². The van der Waals surface area contributed by atoms with E-state index in [1.165, 1.54) is 32.1 Å². The number of ether oxygens (including phenoxy) is 2. The van der Waals surface area contributed by atoms with Gasteiger partial charge in [0, 0.05) is 0 Å². The zero-order valence-electron chi connectivity index (χ0n) is 11.2. The minimum Gasteiger partial charge on any atom is -0.364 e. The molecule has 4 rings (SSSR count). The molecule has 0 aromatic rings. The van der Waals surface area contributed by atoms with Crippen LogP contribution in [0.1, 0.15) is 39.0 Å². The van der Waals surface area contributed by atoms with Gasteiger partial charge in [-0.15, -0.1) is 0 Å². The van der Waals surface area contributed by atoms with Crippen LogP contribution in [0.25, 0.3) is 0 Å². The highest BCUT2D eigenvalue weighted by atomic mass is 16.7. The van der Waals surface area contributed by atoms with Gasteiger partial charge < -0.3 is 14.6 Å². The molecule has 0 heterocycles. The largest absolute Gasteiger partial charge is 0.364 e. The Bertz CT molecular complexity index is 298. The van der Waals surface area contributed by atoms with Crippen molar-refractivity contribution in [3.05, 3.63) is 12.2 Å². The van der Waals surface area contributed by atoms with Crippen molar-refractivity contribution in [3.8, 4) is 0 Å². The number of hydrogen-bond donors (Lipinski definition) is 1. The minimum absolute atomic E-state index is 0.195. The molecule has 1 atom stereocenters. The van der Waals surface area contributed by atoms with Crippen molar-refractivity contribution in [3.63, 3.8) is 0 Å². The van der Waals surface area contributed by atoms with E-state index in [-0.39, 0.29) is 6.79 Å². The first kappa shape index (κ1) is 12.6. The van der Waals surface area contributed by atoms with Crippen molar-refractivity contribution < 1.29 is 14.6 Å². The Labute approximate surface area is 109 Å². The van der Waals surface area contributed by atoms with Crippen LogP contribution in [0.4, 0.5) is 0 Å². The fourth-order valence-corrected chi connectivity index (χ4v) is 4.47. The van der Waals surface area contributed by atoms with Gasteiger partial charge in [0.05, 0.1) is 6.10 Å². The van der Waals surface area contributed by atoms with E-state index in [0.717, 1.165) is 23.7 Å². The zero-order valence-corrected chi connectivity index (χ0v) is 11.2. The topological polar surface area (TPSA) is 38.7 Å². The van der Waals surface area contributed by atoms with E-state index in [2.05, 4.69) is 6.58 Å². The lowest BCUT2D eigenvalue weighted by Gasteiger charge is -2.53. The molecule has 0 radical (unpaired) electrons. The summed E-state index contributed by atoms with van der Waals surface area (Å²) in [7, 11) is 0. The molecule has 0 aromatic heterocycles. The van der Waals surface area contributed by atoms with Crippen LogP contribution in [0.5, 0.6) is 0 Å². The van der Waals surface area contributed by atoms with Crippen LogP contribution < -0.4 is 0 Å². The Hall–Kier alpha value is -0.380. The van der Waals surface area contributed by atoms with Gasteiger partial charge in [0.15, 0.2) is 13.1 Å². The van der Waals surface area contributed by atoms with Crippen LogP contribution in [-0.2, 0) is 9.47 Å². The first-order chi connectivity index (χ1) is 8.63. The summed E-state index contributed by atoms with van der Waals surface area (Å²) < 4.78 is 11.2. The predicted molar refractivity (Wildman–Crippen MR) is 68.7 cm³/mol. The van der Waals surface area contributed by atoms with E-state index in [9.17, 15) is 5.11 Å². The second-order valence-electron chi connectivity index (χ2n) is 6.55. The van der Waals surface area contributed by atoms with Gasteiger partial charge in [-0.25, -0.2) is 0 Å². The molecular formula is C15H24O3. The summed E-state index contributed by atoms with van der Waals surface area (Å²) in [5.41, 5.74) is 0.628. The summed E-state index contributed by atoms with van der Waals surface area (Å²) >= 11 is 0. The monoisotopic (exact) mass is 252 g/mol. The van der Waals surface area contributed by atoms with E-state index in [4.69, 9.17) is 9.47 Å². The molecule has 18 heavy (non-hydrogen) atoms. The normalized spacial score (nSPS) is 43.1. The maximum Gasteiger partial charge on any atom is 0.179 e. The van der Waals surface area contributed by atoms with Crippen LogP contribution in [0.3, 0.4) is 0 Å². The molecule has 0 amide bonds. The molecule has 0 aromatic carbocycles. The van der Waals surface area contributed by atoms with E-state index in [0.29, 0.717) is 11.7 Å². The van der Waals surface area contributed by atoms with Crippen molar-refractivity contribution in [2.75, 3.05) is 6.79 Å². The molecule has 3 heteroatoms. The molecule has 0 saturated heterocycles. The van der Waals surface area contributed by atoms with Crippen molar-refractivity contribution in [2.24, 2.45) is 23.7 Å². The summed E-state index contributed by atoms with van der Waals surface area (Å²) in [6, 6.07) is 0. The smallest absolute Gasteiger partial charge is 0.179 e. The third kappa shape index (κ3) is 2.36. The molecule has 102 valence electrons. The van der Waals surface area contributed by atoms with Gasteiger partial charge in [0.2, 0.25) is 0 Å². The minimum atomic E-state index is -0.887. The fraction of sp³-hybridized carbons (Fsp3) is 0.867. The maximum absolute atomic E-state index is 9.51. The molecule has 4 aliphatic carbocycles. The molecular weight excluding hydrogens is 228 g/mol. The Balaban J connectivity index is 1.50. The number of aliphatic hydroxyl groups is 1. The fourth-order valence-electron chi connectivity index (χ4n) is 4.47. The molecule has 0 aliphatic heterocycles. The average Bonchev–Trinajstić information content (AvgIpc) is 2.31. The second-order valence-corrected chi connectivity index (χ2v) is 6.55. The average molecular weight is 252 g/mol. The highest BCUT2D eigenvalue weighted by molar-refractivity contribution is 4.99. The van der Waals surface area contributed by atoms with Gasteiger partial charge in [-0.05, 0) is 68.3 Å². The molecule has 1 N–H and O–H groups in total. The Kier molecular flexibility index (Phi) is 3.48.